The summed E-state index contributed by atoms with van der Waals surface area (Å²) in [5, 5.41) is 9.50. The molecule has 5 heteroatoms. The molecule has 0 heterocycles. The first-order valence-electron chi connectivity index (χ1n) is 9.30. The van der Waals surface area contributed by atoms with Crippen LogP contribution in [-0.4, -0.2) is 10.9 Å². The molecule has 26 heavy (non-hydrogen) atoms. The Bertz CT molecular complexity index is 814. The molecule has 4 rings (SSSR count). The molecule has 0 radical (unpaired) electrons. The average Bonchev–Trinajstić information content (AvgIpc) is 2.92. The summed E-state index contributed by atoms with van der Waals surface area (Å²) in [6.07, 6.45) is 16.5. The van der Waals surface area contributed by atoms with E-state index in [1.807, 2.05) is 0 Å². The van der Waals surface area contributed by atoms with Crippen LogP contribution >= 0.6 is 0 Å². The highest BCUT2D eigenvalue weighted by molar-refractivity contribution is 6.01. The Labute approximate surface area is 153 Å². The van der Waals surface area contributed by atoms with Crippen LogP contribution in [0, 0.1) is 56.6 Å². The quantitative estimate of drug-likeness (QED) is 0.408. The minimum Gasteiger partial charge on any atom is -0.290 e. The molecule has 0 aromatic rings. The second-order valence-corrected chi connectivity index (χ2v) is 8.50. The number of carbonyl (C=O) groups is 1. The van der Waals surface area contributed by atoms with E-state index in [0.29, 0.717) is 17.8 Å². The summed E-state index contributed by atoms with van der Waals surface area (Å²) < 4.78 is 0. The van der Waals surface area contributed by atoms with Crippen molar-refractivity contribution in [3.8, 4) is 12.0 Å². The first-order chi connectivity index (χ1) is 12.3. The first kappa shape index (κ1) is 17.1. The summed E-state index contributed by atoms with van der Waals surface area (Å²) >= 11 is 0. The molecule has 2 fully saturated rings. The van der Waals surface area contributed by atoms with Crippen LogP contribution in [-0.2, 0) is 9.63 Å². The van der Waals surface area contributed by atoms with E-state index >= 15 is 0 Å². The van der Waals surface area contributed by atoms with E-state index in [4.69, 9.17) is 0 Å². The Morgan fingerprint density at radius 3 is 2.81 bits per heavy atom. The van der Waals surface area contributed by atoms with Gasteiger partial charge in [-0.15, -0.1) is 10.1 Å². The largest absolute Gasteiger partial charge is 0.308 e. The van der Waals surface area contributed by atoms with Crippen molar-refractivity contribution in [2.45, 2.75) is 39.5 Å². The second-order valence-electron chi connectivity index (χ2n) is 8.50. The minimum absolute atomic E-state index is 0.0598. The van der Waals surface area contributed by atoms with E-state index < -0.39 is 5.09 Å². The molecule has 0 spiro atoms. The number of hydrogen-bond donors (Lipinski definition) is 0. The summed E-state index contributed by atoms with van der Waals surface area (Å²) in [7, 11) is 0. The van der Waals surface area contributed by atoms with Gasteiger partial charge in [0.15, 0.2) is 5.78 Å². The van der Waals surface area contributed by atoms with E-state index in [1.54, 1.807) is 12.2 Å². The molecule has 4 aliphatic carbocycles. The number of rotatable bonds is 1. The van der Waals surface area contributed by atoms with Crippen molar-refractivity contribution in [2.75, 3.05) is 0 Å². The van der Waals surface area contributed by atoms with Crippen molar-refractivity contribution in [1.29, 1.82) is 0 Å². The van der Waals surface area contributed by atoms with Crippen LogP contribution in [0.2, 0.25) is 0 Å². The van der Waals surface area contributed by atoms with Crippen molar-refractivity contribution in [1.82, 2.24) is 0 Å². The van der Waals surface area contributed by atoms with Crippen LogP contribution in [0.1, 0.15) is 39.5 Å². The molecule has 6 atom stereocenters. The van der Waals surface area contributed by atoms with Crippen LogP contribution in [0.15, 0.2) is 36.0 Å². The minimum atomic E-state index is -0.853. The molecule has 0 bridgehead atoms. The highest BCUT2D eigenvalue weighted by Crippen LogP contribution is 2.64. The molecule has 0 amide bonds. The maximum Gasteiger partial charge on any atom is 0.308 e. The number of carbonyl (C=O) groups excluding carboxylic acids is 1. The van der Waals surface area contributed by atoms with E-state index in [0.717, 1.165) is 31.3 Å². The van der Waals surface area contributed by atoms with Gasteiger partial charge in [0.25, 0.3) is 0 Å². The third-order valence-electron chi connectivity index (χ3n) is 7.47. The molecule has 0 unspecified atom stereocenters. The highest BCUT2D eigenvalue weighted by atomic mass is 16.9. The first-order valence-corrected chi connectivity index (χ1v) is 9.30. The third-order valence-corrected chi connectivity index (χ3v) is 7.47. The van der Waals surface area contributed by atoms with Crippen LogP contribution in [0.3, 0.4) is 0 Å². The molecule has 0 saturated heterocycles. The lowest BCUT2D eigenvalue weighted by molar-refractivity contribution is -0.731. The van der Waals surface area contributed by atoms with Crippen molar-refractivity contribution < 1.29 is 14.7 Å². The molecular weight excluding hydrogens is 330 g/mol. The topological polar surface area (TPSA) is 69.4 Å². The predicted octanol–water partition coefficient (Wildman–Crippen LogP) is 3.86. The fourth-order valence-electron chi connectivity index (χ4n) is 6.02. The SMILES string of the molecule is C[C@]12CC[C@H]3[C@@H](C=CC4=CC(=O)C=C[C@@]43C)[C@@H]1CC[C@H]2C#CO[N+](=O)[O-]. The number of ketones is 1. The van der Waals surface area contributed by atoms with Crippen molar-refractivity contribution in [3.05, 3.63) is 46.1 Å². The number of nitrogens with zero attached hydrogens (tertiary/aromatic N) is 1. The predicted molar refractivity (Wildman–Crippen MR) is 95.9 cm³/mol. The van der Waals surface area contributed by atoms with Gasteiger partial charge in [-0.05, 0) is 66.6 Å². The van der Waals surface area contributed by atoms with Crippen molar-refractivity contribution in [2.24, 2.45) is 34.5 Å². The van der Waals surface area contributed by atoms with E-state index in [2.05, 4.69) is 48.9 Å². The Kier molecular flexibility index (Phi) is 3.83. The van der Waals surface area contributed by atoms with E-state index in [9.17, 15) is 14.9 Å². The average molecular weight is 353 g/mol. The van der Waals surface area contributed by atoms with Gasteiger partial charge in [-0.3, -0.25) is 4.79 Å². The summed E-state index contributed by atoms with van der Waals surface area (Å²) in [5.74, 6) is 4.67. The van der Waals surface area contributed by atoms with Gasteiger partial charge in [0.05, 0.1) is 6.11 Å². The number of hydrogen-bond acceptors (Lipinski definition) is 4. The lowest BCUT2D eigenvalue weighted by atomic mass is 9.49. The summed E-state index contributed by atoms with van der Waals surface area (Å²) in [6.45, 7) is 4.54. The third kappa shape index (κ3) is 2.43. The van der Waals surface area contributed by atoms with Crippen molar-refractivity contribution in [3.63, 3.8) is 0 Å². The molecule has 2 saturated carbocycles. The summed E-state index contributed by atoms with van der Waals surface area (Å²) in [6, 6.07) is 0. The maximum absolute atomic E-state index is 11.8. The zero-order chi connectivity index (χ0) is 18.5. The fraction of sp³-hybridized carbons (Fsp3) is 0.571. The van der Waals surface area contributed by atoms with E-state index in [-0.39, 0.29) is 22.5 Å². The van der Waals surface area contributed by atoms with Crippen LogP contribution in [0.4, 0.5) is 0 Å². The Hall–Kier alpha value is -2.35. The van der Waals surface area contributed by atoms with Gasteiger partial charge in [0.1, 0.15) is 0 Å². The summed E-state index contributed by atoms with van der Waals surface area (Å²) in [5.41, 5.74) is 1.11. The fourth-order valence-corrected chi connectivity index (χ4v) is 6.02. The summed E-state index contributed by atoms with van der Waals surface area (Å²) in [4.78, 5) is 26.4. The van der Waals surface area contributed by atoms with Gasteiger partial charge >= 0.3 is 5.09 Å². The molecular formula is C21H23NO4. The Morgan fingerprint density at radius 2 is 2.04 bits per heavy atom. The highest BCUT2D eigenvalue weighted by Gasteiger charge is 2.57. The van der Waals surface area contributed by atoms with Gasteiger partial charge in [0.2, 0.25) is 0 Å². The number of fused-ring (bicyclic) bond motifs is 5. The van der Waals surface area contributed by atoms with Gasteiger partial charge in [-0.25, -0.2) is 4.84 Å². The van der Waals surface area contributed by atoms with Crippen molar-refractivity contribution >= 4 is 5.78 Å². The van der Waals surface area contributed by atoms with E-state index in [1.165, 1.54) is 0 Å². The molecule has 136 valence electrons. The lowest BCUT2D eigenvalue weighted by Gasteiger charge is -2.54. The second kappa shape index (κ2) is 5.84. The smallest absolute Gasteiger partial charge is 0.290 e. The molecule has 0 aromatic carbocycles. The number of allylic oxidation sites excluding steroid dienone is 6. The molecule has 5 nitrogen and oxygen atoms in total. The zero-order valence-corrected chi connectivity index (χ0v) is 15.1. The van der Waals surface area contributed by atoms with Gasteiger partial charge < -0.3 is 0 Å². The maximum atomic E-state index is 11.8. The van der Waals surface area contributed by atoms with Crippen LogP contribution < -0.4 is 0 Å². The molecule has 0 N–H and O–H groups in total. The Balaban J connectivity index is 1.63. The molecule has 0 aliphatic heterocycles. The normalized spacial score (nSPS) is 42.7. The van der Waals surface area contributed by atoms with Gasteiger partial charge in [-0.1, -0.05) is 38.0 Å². The molecule has 4 aliphatic rings. The molecule has 0 aromatic heterocycles. The lowest BCUT2D eigenvalue weighted by Crippen LogP contribution is -2.47. The van der Waals surface area contributed by atoms with Crippen LogP contribution in [0.5, 0.6) is 0 Å². The van der Waals surface area contributed by atoms with Gasteiger partial charge in [-0.2, -0.15) is 0 Å². The standard InChI is InChI=1S/C21H23NO4/c1-20-11-8-19-17(5-3-15-13-16(23)7-10-21(15,19)2)18(20)6-4-14(20)9-12-26-22(24)25/h3,5,7,10,13-14,17-19H,4,6,8,11H2,1-2H3/t14-,17-,18-,19-,20+,21-/m0/s1. The van der Waals surface area contributed by atoms with Crippen LogP contribution in [0.25, 0.3) is 0 Å². The Morgan fingerprint density at radius 1 is 1.23 bits per heavy atom. The van der Waals surface area contributed by atoms with Gasteiger partial charge in [0, 0.05) is 11.3 Å². The monoisotopic (exact) mass is 353 g/mol. The zero-order valence-electron chi connectivity index (χ0n) is 15.1.